The first-order valence-corrected chi connectivity index (χ1v) is 12.3. The molecule has 2 atom stereocenters. The summed E-state index contributed by atoms with van der Waals surface area (Å²) in [6, 6.07) is 15.5. The Morgan fingerprint density at radius 3 is 2.29 bits per heavy atom. The van der Waals surface area contributed by atoms with Crippen LogP contribution in [-0.2, 0) is 14.3 Å². The highest BCUT2D eigenvalue weighted by Crippen LogP contribution is 2.44. The molecular weight excluding hydrogens is 444 g/mol. The maximum Gasteiger partial charge on any atom is 0.413 e. The molecule has 0 heterocycles. The number of nitrogens with two attached hydrogens (primary N) is 1. The summed E-state index contributed by atoms with van der Waals surface area (Å²) in [6.45, 7) is 4.53. The zero-order valence-electron chi connectivity index (χ0n) is 20.5. The fourth-order valence-corrected chi connectivity index (χ4v) is 4.27. The SMILES string of the molecule is CCCCC(C)OC(=O)C(N)CCCNC(=N)NC(=O)OCC1c2ccccc2-c2ccccc21. The summed E-state index contributed by atoms with van der Waals surface area (Å²) in [6.07, 6.45) is 3.03. The van der Waals surface area contributed by atoms with Gasteiger partial charge in [-0.2, -0.15) is 0 Å². The fourth-order valence-electron chi connectivity index (χ4n) is 4.27. The Bertz CT molecular complexity index is 980. The predicted octanol–water partition coefficient (Wildman–Crippen LogP) is 4.28. The van der Waals surface area contributed by atoms with Gasteiger partial charge in [-0.1, -0.05) is 68.3 Å². The van der Waals surface area contributed by atoms with Crippen LogP contribution in [0.4, 0.5) is 4.79 Å². The van der Waals surface area contributed by atoms with E-state index in [4.69, 9.17) is 20.6 Å². The summed E-state index contributed by atoms with van der Waals surface area (Å²) in [5.41, 5.74) is 10.5. The predicted molar refractivity (Wildman–Crippen MR) is 136 cm³/mol. The quantitative estimate of drug-likeness (QED) is 0.165. The summed E-state index contributed by atoms with van der Waals surface area (Å²) in [5, 5.41) is 13.1. The van der Waals surface area contributed by atoms with Gasteiger partial charge in [0.15, 0.2) is 5.96 Å². The highest BCUT2D eigenvalue weighted by Gasteiger charge is 2.29. The minimum Gasteiger partial charge on any atom is -0.462 e. The average molecular weight is 481 g/mol. The minimum atomic E-state index is -0.704. The van der Waals surface area contributed by atoms with E-state index in [0.29, 0.717) is 19.4 Å². The summed E-state index contributed by atoms with van der Waals surface area (Å²) < 4.78 is 10.8. The Morgan fingerprint density at radius 2 is 1.66 bits per heavy atom. The van der Waals surface area contributed by atoms with E-state index in [9.17, 15) is 9.59 Å². The molecule has 1 aliphatic rings. The molecule has 2 unspecified atom stereocenters. The van der Waals surface area contributed by atoms with E-state index in [-0.39, 0.29) is 24.6 Å². The van der Waals surface area contributed by atoms with Crippen molar-refractivity contribution in [3.8, 4) is 11.1 Å². The van der Waals surface area contributed by atoms with Gasteiger partial charge in [0, 0.05) is 12.5 Å². The van der Waals surface area contributed by atoms with Crippen LogP contribution >= 0.6 is 0 Å². The van der Waals surface area contributed by atoms with E-state index >= 15 is 0 Å². The van der Waals surface area contributed by atoms with Crippen molar-refractivity contribution in [1.29, 1.82) is 5.41 Å². The Hall–Kier alpha value is -3.39. The molecule has 0 bridgehead atoms. The van der Waals surface area contributed by atoms with Gasteiger partial charge in [-0.05, 0) is 48.4 Å². The first kappa shape index (κ1) is 26.2. The molecule has 0 aromatic heterocycles. The summed E-state index contributed by atoms with van der Waals surface area (Å²) in [5.74, 6) is -0.603. The van der Waals surface area contributed by atoms with Crippen LogP contribution in [0.2, 0.25) is 0 Å². The fraction of sp³-hybridized carbons (Fsp3) is 0.444. The highest BCUT2D eigenvalue weighted by molar-refractivity contribution is 5.92. The summed E-state index contributed by atoms with van der Waals surface area (Å²) in [7, 11) is 0. The number of carbonyl (C=O) groups excluding carboxylic acids is 2. The number of benzene rings is 2. The van der Waals surface area contributed by atoms with Gasteiger partial charge in [0.1, 0.15) is 12.6 Å². The molecule has 0 radical (unpaired) electrons. The Balaban J connectivity index is 1.36. The number of hydrogen-bond donors (Lipinski definition) is 4. The second kappa shape index (κ2) is 12.9. The van der Waals surface area contributed by atoms with E-state index in [0.717, 1.165) is 41.5 Å². The van der Waals surface area contributed by atoms with Gasteiger partial charge in [-0.15, -0.1) is 0 Å². The van der Waals surface area contributed by atoms with E-state index < -0.39 is 18.1 Å². The Morgan fingerprint density at radius 1 is 1.03 bits per heavy atom. The maximum absolute atomic E-state index is 12.2. The van der Waals surface area contributed by atoms with Crippen LogP contribution in [0.25, 0.3) is 11.1 Å². The third kappa shape index (κ3) is 7.29. The van der Waals surface area contributed by atoms with Gasteiger partial charge in [-0.3, -0.25) is 15.5 Å². The number of esters is 1. The molecule has 0 aliphatic heterocycles. The molecule has 1 amide bonds. The van der Waals surface area contributed by atoms with Crippen LogP contribution in [0.1, 0.15) is 63.0 Å². The van der Waals surface area contributed by atoms with Crippen LogP contribution in [0.15, 0.2) is 48.5 Å². The van der Waals surface area contributed by atoms with Crippen molar-refractivity contribution in [3.05, 3.63) is 59.7 Å². The van der Waals surface area contributed by atoms with Crippen molar-refractivity contribution in [3.63, 3.8) is 0 Å². The number of nitrogens with one attached hydrogen (secondary N) is 3. The summed E-state index contributed by atoms with van der Waals surface area (Å²) in [4.78, 5) is 24.3. The molecule has 2 aromatic carbocycles. The number of hydrogen-bond acceptors (Lipinski definition) is 6. The molecule has 8 heteroatoms. The number of alkyl carbamates (subject to hydrolysis) is 1. The molecule has 35 heavy (non-hydrogen) atoms. The molecule has 8 nitrogen and oxygen atoms in total. The molecule has 0 saturated heterocycles. The van der Waals surface area contributed by atoms with Crippen molar-refractivity contribution in [2.24, 2.45) is 5.73 Å². The van der Waals surface area contributed by atoms with Crippen molar-refractivity contribution < 1.29 is 19.1 Å². The lowest BCUT2D eigenvalue weighted by Gasteiger charge is -2.17. The standard InChI is InChI=1S/C27H36N4O4/c1-3-4-10-18(2)35-25(32)24(28)15-9-16-30-26(29)31-27(33)34-17-23-21-13-7-5-11-19(21)20-12-6-8-14-22(20)23/h5-8,11-14,18,23-24H,3-4,9-10,15-17,28H2,1-2H3,(H3,29,30,31,33). The number of unbranched alkanes of at least 4 members (excludes halogenated alkanes) is 1. The number of ether oxygens (including phenoxy) is 2. The number of carbonyl (C=O) groups is 2. The van der Waals surface area contributed by atoms with Crippen LogP contribution < -0.4 is 16.4 Å². The van der Waals surface area contributed by atoms with Gasteiger partial charge in [0.05, 0.1) is 6.10 Å². The zero-order chi connectivity index (χ0) is 25.2. The Labute approximate surface area is 207 Å². The van der Waals surface area contributed by atoms with Crippen molar-refractivity contribution in [2.75, 3.05) is 13.2 Å². The van der Waals surface area contributed by atoms with Gasteiger partial charge < -0.3 is 20.5 Å². The highest BCUT2D eigenvalue weighted by atomic mass is 16.6. The first-order valence-electron chi connectivity index (χ1n) is 12.3. The second-order valence-corrected chi connectivity index (χ2v) is 8.89. The molecule has 0 fully saturated rings. The molecule has 2 aromatic rings. The zero-order valence-corrected chi connectivity index (χ0v) is 20.5. The normalized spacial score (nSPS) is 13.8. The third-order valence-electron chi connectivity index (χ3n) is 6.15. The van der Waals surface area contributed by atoms with E-state index in [1.807, 2.05) is 31.2 Å². The van der Waals surface area contributed by atoms with Crippen LogP contribution in [-0.4, -0.2) is 43.3 Å². The summed E-state index contributed by atoms with van der Waals surface area (Å²) >= 11 is 0. The molecule has 3 rings (SSSR count). The van der Waals surface area contributed by atoms with E-state index in [1.165, 1.54) is 0 Å². The van der Waals surface area contributed by atoms with Gasteiger partial charge >= 0.3 is 12.1 Å². The third-order valence-corrected chi connectivity index (χ3v) is 6.15. The lowest BCUT2D eigenvalue weighted by Crippen LogP contribution is -2.41. The molecule has 1 aliphatic carbocycles. The van der Waals surface area contributed by atoms with Gasteiger partial charge in [-0.25, -0.2) is 4.79 Å². The van der Waals surface area contributed by atoms with Crippen molar-refractivity contribution in [2.45, 2.75) is 64.0 Å². The van der Waals surface area contributed by atoms with Crippen LogP contribution in [0.3, 0.4) is 0 Å². The van der Waals surface area contributed by atoms with Crippen LogP contribution in [0.5, 0.6) is 0 Å². The average Bonchev–Trinajstić information content (AvgIpc) is 3.17. The number of rotatable bonds is 11. The van der Waals surface area contributed by atoms with Crippen LogP contribution in [0, 0.1) is 5.41 Å². The van der Waals surface area contributed by atoms with E-state index in [1.54, 1.807) is 0 Å². The number of amides is 1. The second-order valence-electron chi connectivity index (χ2n) is 8.89. The molecular formula is C27H36N4O4. The van der Waals surface area contributed by atoms with Gasteiger partial charge in [0.2, 0.25) is 0 Å². The maximum atomic E-state index is 12.2. The number of fused-ring (bicyclic) bond motifs is 3. The van der Waals surface area contributed by atoms with Crippen molar-refractivity contribution >= 4 is 18.0 Å². The smallest absolute Gasteiger partial charge is 0.413 e. The van der Waals surface area contributed by atoms with Crippen molar-refractivity contribution in [1.82, 2.24) is 10.6 Å². The first-order chi connectivity index (χ1) is 16.9. The lowest BCUT2D eigenvalue weighted by atomic mass is 9.98. The molecule has 0 saturated carbocycles. The largest absolute Gasteiger partial charge is 0.462 e. The minimum absolute atomic E-state index is 0.0405. The number of guanidine groups is 1. The monoisotopic (exact) mass is 480 g/mol. The molecule has 188 valence electrons. The molecule has 0 spiro atoms. The van der Waals surface area contributed by atoms with Gasteiger partial charge in [0.25, 0.3) is 0 Å². The topological polar surface area (TPSA) is 127 Å². The van der Waals surface area contributed by atoms with E-state index in [2.05, 4.69) is 41.8 Å². The lowest BCUT2D eigenvalue weighted by molar-refractivity contribution is -0.150. The molecule has 5 N–H and O–H groups in total. The Kier molecular flexibility index (Phi) is 9.66.